The number of aliphatic carboxylic acids is 2. The molecule has 0 aliphatic heterocycles. The van der Waals surface area contributed by atoms with Crippen LogP contribution in [0.1, 0.15) is 0 Å². The summed E-state index contributed by atoms with van der Waals surface area (Å²) in [7, 11) is 0. The van der Waals surface area contributed by atoms with Gasteiger partial charge in [0.1, 0.15) is 0 Å². The summed E-state index contributed by atoms with van der Waals surface area (Å²) in [5.41, 5.74) is 0. The summed E-state index contributed by atoms with van der Waals surface area (Å²) >= 11 is 0. The average molecular weight is 285 g/mol. The normalized spacial score (nSPS) is 6.29. The molecule has 0 aromatic rings. The van der Waals surface area contributed by atoms with E-state index in [1.165, 1.54) is 0 Å². The average Bonchev–Trinajstić information content (AvgIpc) is 1.36. The fourth-order valence-corrected chi connectivity index (χ4v) is 0. The smallest absolute Gasteiger partial charge is 0.414 e. The molecule has 0 rings (SSSR count). The van der Waals surface area contributed by atoms with Crippen molar-refractivity contribution in [2.45, 2.75) is 0 Å². The van der Waals surface area contributed by atoms with Gasteiger partial charge >= 0.3 is 11.9 Å². The number of carboxylic acid groups (broad SMARTS) is 2. The Morgan fingerprint density at radius 1 is 1.00 bits per heavy atom. The second-order valence-electron chi connectivity index (χ2n) is 0.610. The van der Waals surface area contributed by atoms with E-state index < -0.39 is 11.9 Å². The first-order chi connectivity index (χ1) is 2.64. The summed E-state index contributed by atoms with van der Waals surface area (Å²) in [5, 5.41) is 14.8. The Morgan fingerprint density at radius 3 is 1.14 bits per heavy atom. The minimum atomic E-state index is -1.82. The van der Waals surface area contributed by atoms with Crippen LogP contribution in [-0.2, 0) is 30.7 Å². The zero-order chi connectivity index (χ0) is 5.15. The van der Waals surface area contributed by atoms with Crippen LogP contribution in [0.3, 0.4) is 0 Å². The molecule has 5 heteroatoms. The van der Waals surface area contributed by atoms with Crippen molar-refractivity contribution in [3.8, 4) is 0 Å². The maximum atomic E-state index is 9.10. The SMILES string of the molecule is O=C(O)C(=O)O.[Pt]. The van der Waals surface area contributed by atoms with Crippen molar-refractivity contribution < 1.29 is 40.9 Å². The van der Waals surface area contributed by atoms with Crippen LogP contribution >= 0.6 is 0 Å². The van der Waals surface area contributed by atoms with Gasteiger partial charge in [-0.1, -0.05) is 0 Å². The molecule has 0 bridgehead atoms. The van der Waals surface area contributed by atoms with Crippen molar-refractivity contribution in [1.82, 2.24) is 0 Å². The molecular weight excluding hydrogens is 283 g/mol. The first-order valence-electron chi connectivity index (χ1n) is 1.11. The van der Waals surface area contributed by atoms with Gasteiger partial charge in [0.2, 0.25) is 0 Å². The van der Waals surface area contributed by atoms with Crippen molar-refractivity contribution in [2.24, 2.45) is 0 Å². The largest absolute Gasteiger partial charge is 0.473 e. The number of hydrogen-bond donors (Lipinski definition) is 2. The predicted molar refractivity (Wildman–Crippen MR) is 15.3 cm³/mol. The quantitative estimate of drug-likeness (QED) is 0.569. The third kappa shape index (κ3) is 5.63. The zero-order valence-corrected chi connectivity index (χ0v) is 5.30. The van der Waals surface area contributed by atoms with Crippen molar-refractivity contribution in [3.05, 3.63) is 0 Å². The Hall–Kier alpha value is -0.372. The van der Waals surface area contributed by atoms with Crippen LogP contribution in [0.4, 0.5) is 0 Å². The Balaban J connectivity index is 0. The van der Waals surface area contributed by atoms with Crippen LogP contribution in [0.25, 0.3) is 0 Å². The molecule has 0 aromatic carbocycles. The van der Waals surface area contributed by atoms with E-state index in [0.29, 0.717) is 0 Å². The second-order valence-corrected chi connectivity index (χ2v) is 0.610. The standard InChI is InChI=1S/C2H2O4.Pt/c3-1(4)2(5)6;/h(H,3,4)(H,5,6);. The van der Waals surface area contributed by atoms with E-state index in [2.05, 4.69) is 0 Å². The summed E-state index contributed by atoms with van der Waals surface area (Å²) in [6.45, 7) is 0. The van der Waals surface area contributed by atoms with Gasteiger partial charge < -0.3 is 10.2 Å². The van der Waals surface area contributed by atoms with Crippen LogP contribution in [0.2, 0.25) is 0 Å². The minimum Gasteiger partial charge on any atom is -0.473 e. The van der Waals surface area contributed by atoms with Gasteiger partial charge in [-0.25, -0.2) is 9.59 Å². The maximum Gasteiger partial charge on any atom is 0.414 e. The topological polar surface area (TPSA) is 74.6 Å². The molecule has 0 heterocycles. The molecule has 0 amide bonds. The van der Waals surface area contributed by atoms with Gasteiger partial charge in [0, 0.05) is 21.1 Å². The summed E-state index contributed by atoms with van der Waals surface area (Å²) in [6, 6.07) is 0. The molecule has 0 aliphatic carbocycles. The number of rotatable bonds is 0. The zero-order valence-electron chi connectivity index (χ0n) is 3.03. The predicted octanol–water partition coefficient (Wildman–Crippen LogP) is -0.847. The molecule has 0 radical (unpaired) electrons. The number of carboxylic acids is 2. The Labute approximate surface area is 53.4 Å². The fourth-order valence-electron chi connectivity index (χ4n) is 0. The summed E-state index contributed by atoms with van der Waals surface area (Å²) in [4.78, 5) is 18.2. The van der Waals surface area contributed by atoms with E-state index in [0.717, 1.165) is 0 Å². The monoisotopic (exact) mass is 285 g/mol. The third-order valence-corrected chi connectivity index (χ3v) is 0.183. The molecule has 0 fully saturated rings. The molecule has 0 aromatic heterocycles. The fraction of sp³-hybridized carbons (Fsp3) is 0. The first-order valence-corrected chi connectivity index (χ1v) is 1.11. The maximum absolute atomic E-state index is 9.10. The van der Waals surface area contributed by atoms with Crippen LogP contribution in [-0.4, -0.2) is 22.2 Å². The second kappa shape index (κ2) is 3.81. The van der Waals surface area contributed by atoms with E-state index in [1.54, 1.807) is 0 Å². The molecule has 0 aliphatic rings. The molecule has 0 atom stereocenters. The Kier molecular flexibility index (Phi) is 5.33. The van der Waals surface area contributed by atoms with Gasteiger partial charge in [0.15, 0.2) is 0 Å². The number of hydrogen-bond acceptors (Lipinski definition) is 2. The van der Waals surface area contributed by atoms with Crippen LogP contribution in [0, 0.1) is 0 Å². The van der Waals surface area contributed by atoms with Crippen molar-refractivity contribution >= 4 is 11.9 Å². The molecule has 2 N–H and O–H groups in total. The summed E-state index contributed by atoms with van der Waals surface area (Å²) in [6.07, 6.45) is 0. The molecule has 44 valence electrons. The van der Waals surface area contributed by atoms with Crippen molar-refractivity contribution in [1.29, 1.82) is 0 Å². The van der Waals surface area contributed by atoms with Gasteiger partial charge in [-0.3, -0.25) is 0 Å². The Morgan fingerprint density at radius 2 is 1.14 bits per heavy atom. The van der Waals surface area contributed by atoms with Crippen LogP contribution < -0.4 is 0 Å². The van der Waals surface area contributed by atoms with E-state index in [-0.39, 0.29) is 21.1 Å². The molecule has 0 saturated carbocycles. The molecule has 4 nitrogen and oxygen atoms in total. The van der Waals surface area contributed by atoms with Gasteiger partial charge in [0.25, 0.3) is 0 Å². The molecule has 0 saturated heterocycles. The van der Waals surface area contributed by atoms with Gasteiger partial charge in [-0.2, -0.15) is 0 Å². The minimum absolute atomic E-state index is 0. The summed E-state index contributed by atoms with van der Waals surface area (Å²) < 4.78 is 0. The number of carbonyl (C=O) groups is 2. The van der Waals surface area contributed by atoms with E-state index in [4.69, 9.17) is 19.8 Å². The molecule has 7 heavy (non-hydrogen) atoms. The third-order valence-electron chi connectivity index (χ3n) is 0.183. The van der Waals surface area contributed by atoms with Crippen molar-refractivity contribution in [3.63, 3.8) is 0 Å². The van der Waals surface area contributed by atoms with E-state index in [1.807, 2.05) is 0 Å². The van der Waals surface area contributed by atoms with Crippen LogP contribution in [0.15, 0.2) is 0 Å². The van der Waals surface area contributed by atoms with Crippen molar-refractivity contribution in [2.75, 3.05) is 0 Å². The molecule has 0 spiro atoms. The molecular formula is C2H2O4Pt. The first kappa shape index (κ1) is 9.80. The van der Waals surface area contributed by atoms with Gasteiger partial charge in [-0.05, 0) is 0 Å². The van der Waals surface area contributed by atoms with Gasteiger partial charge in [-0.15, -0.1) is 0 Å². The summed E-state index contributed by atoms with van der Waals surface area (Å²) in [5.74, 6) is -3.65. The molecule has 0 unspecified atom stereocenters. The van der Waals surface area contributed by atoms with E-state index in [9.17, 15) is 0 Å². The van der Waals surface area contributed by atoms with Crippen LogP contribution in [0.5, 0.6) is 0 Å². The van der Waals surface area contributed by atoms with E-state index >= 15 is 0 Å². The Bertz CT molecular complexity index is 75.7. The van der Waals surface area contributed by atoms with Gasteiger partial charge in [0.05, 0.1) is 0 Å².